The van der Waals surface area contributed by atoms with Crippen molar-refractivity contribution in [3.8, 4) is 0 Å². The van der Waals surface area contributed by atoms with Crippen LogP contribution in [0.5, 0.6) is 0 Å². The molecule has 0 unspecified atom stereocenters. The first kappa shape index (κ1) is 11.7. The number of rotatable bonds is 4. The van der Waals surface area contributed by atoms with E-state index in [4.69, 9.17) is 0 Å². The lowest BCUT2D eigenvalue weighted by atomic mass is 9.80. The van der Waals surface area contributed by atoms with Crippen LogP contribution in [-0.2, 0) is 0 Å². The molecular formula is C12H16N4OS. The van der Waals surface area contributed by atoms with Gasteiger partial charge in [0.1, 0.15) is 10.6 Å². The molecule has 0 spiro atoms. The Labute approximate surface area is 109 Å². The smallest absolute Gasteiger partial charge is 0.225 e. The van der Waals surface area contributed by atoms with Crippen molar-refractivity contribution in [3.05, 3.63) is 11.4 Å². The Bertz CT molecular complexity index is 564. The predicted molar refractivity (Wildman–Crippen MR) is 74.3 cm³/mol. The van der Waals surface area contributed by atoms with Crippen molar-refractivity contribution in [2.24, 2.45) is 0 Å². The first-order valence-electron chi connectivity index (χ1n) is 6.09. The van der Waals surface area contributed by atoms with Crippen molar-refractivity contribution in [2.45, 2.75) is 24.9 Å². The Kier molecular flexibility index (Phi) is 2.83. The summed E-state index contributed by atoms with van der Waals surface area (Å²) in [6.07, 6.45) is 2.85. The Morgan fingerprint density at radius 3 is 2.94 bits per heavy atom. The summed E-state index contributed by atoms with van der Waals surface area (Å²) in [7, 11) is 1.80. The molecule has 1 aliphatic rings. The minimum atomic E-state index is -0.549. The van der Waals surface area contributed by atoms with Crippen LogP contribution in [0.4, 0.5) is 11.8 Å². The van der Waals surface area contributed by atoms with Crippen LogP contribution in [-0.4, -0.2) is 34.3 Å². The van der Waals surface area contributed by atoms with Gasteiger partial charge in [-0.3, -0.25) is 0 Å². The fourth-order valence-electron chi connectivity index (χ4n) is 2.11. The zero-order chi connectivity index (χ0) is 12.6. The van der Waals surface area contributed by atoms with E-state index in [1.165, 1.54) is 0 Å². The number of nitrogens with zero attached hydrogens (tertiary/aromatic N) is 2. The van der Waals surface area contributed by atoms with E-state index in [9.17, 15) is 5.11 Å². The van der Waals surface area contributed by atoms with Gasteiger partial charge < -0.3 is 15.7 Å². The number of hydrogen-bond donors (Lipinski definition) is 3. The van der Waals surface area contributed by atoms with Gasteiger partial charge in [0.25, 0.3) is 0 Å². The summed E-state index contributed by atoms with van der Waals surface area (Å²) in [6.45, 7) is 0.554. The Morgan fingerprint density at radius 1 is 1.44 bits per heavy atom. The number of hydrogen-bond acceptors (Lipinski definition) is 6. The zero-order valence-electron chi connectivity index (χ0n) is 10.2. The molecule has 2 heterocycles. The molecule has 0 radical (unpaired) electrons. The molecule has 3 N–H and O–H groups in total. The minimum absolute atomic E-state index is 0.549. The highest BCUT2D eigenvalue weighted by atomic mass is 32.1. The van der Waals surface area contributed by atoms with E-state index in [1.54, 1.807) is 18.4 Å². The molecule has 3 rings (SSSR count). The molecule has 2 aromatic heterocycles. The van der Waals surface area contributed by atoms with Gasteiger partial charge >= 0.3 is 0 Å². The van der Waals surface area contributed by atoms with E-state index in [0.29, 0.717) is 12.5 Å². The molecule has 18 heavy (non-hydrogen) atoms. The molecule has 1 saturated carbocycles. The van der Waals surface area contributed by atoms with Gasteiger partial charge in [0, 0.05) is 13.6 Å². The van der Waals surface area contributed by atoms with Crippen LogP contribution in [0.15, 0.2) is 11.4 Å². The largest absolute Gasteiger partial charge is 0.388 e. The van der Waals surface area contributed by atoms with Crippen LogP contribution in [0.3, 0.4) is 0 Å². The van der Waals surface area contributed by atoms with Crippen LogP contribution in [0.25, 0.3) is 10.2 Å². The molecule has 0 aromatic carbocycles. The number of anilines is 2. The van der Waals surface area contributed by atoms with Crippen LogP contribution >= 0.6 is 11.3 Å². The van der Waals surface area contributed by atoms with Crippen LogP contribution in [0.2, 0.25) is 0 Å². The summed E-state index contributed by atoms with van der Waals surface area (Å²) in [4.78, 5) is 9.76. The number of fused-ring (bicyclic) bond motifs is 1. The first-order valence-corrected chi connectivity index (χ1v) is 6.97. The van der Waals surface area contributed by atoms with E-state index >= 15 is 0 Å². The SMILES string of the molecule is CNc1nc(NCC2(O)CCC2)c2ccsc2n1. The number of aromatic nitrogens is 2. The standard InChI is InChI=1S/C12H16N4OS/c1-13-11-15-9(8-3-6-18-10(8)16-11)14-7-12(17)4-2-5-12/h3,6,17H,2,4-5,7H2,1H3,(H2,13,14,15,16). The van der Waals surface area contributed by atoms with Gasteiger partial charge in [-0.05, 0) is 30.7 Å². The predicted octanol–water partition coefficient (Wildman–Crippen LogP) is 2.06. The van der Waals surface area contributed by atoms with Crippen LogP contribution in [0.1, 0.15) is 19.3 Å². The maximum Gasteiger partial charge on any atom is 0.225 e. The molecule has 0 bridgehead atoms. The Balaban J connectivity index is 1.87. The van der Waals surface area contributed by atoms with Crippen molar-refractivity contribution in [3.63, 3.8) is 0 Å². The molecule has 96 valence electrons. The summed E-state index contributed by atoms with van der Waals surface area (Å²) >= 11 is 1.59. The number of nitrogens with one attached hydrogen (secondary N) is 2. The van der Waals surface area contributed by atoms with Crippen molar-refractivity contribution >= 4 is 33.3 Å². The van der Waals surface area contributed by atoms with Gasteiger partial charge in [-0.25, -0.2) is 4.98 Å². The maximum absolute atomic E-state index is 10.1. The van der Waals surface area contributed by atoms with Crippen LogP contribution in [0, 0.1) is 0 Å². The molecule has 0 atom stereocenters. The highest BCUT2D eigenvalue weighted by Gasteiger charge is 2.34. The maximum atomic E-state index is 10.1. The highest BCUT2D eigenvalue weighted by Crippen LogP contribution is 2.33. The normalized spacial score (nSPS) is 17.4. The molecule has 5 nitrogen and oxygen atoms in total. The summed E-state index contributed by atoms with van der Waals surface area (Å²) in [5, 5.41) is 19.3. The van der Waals surface area contributed by atoms with E-state index in [0.717, 1.165) is 35.3 Å². The van der Waals surface area contributed by atoms with Gasteiger partial charge in [-0.1, -0.05) is 0 Å². The lowest BCUT2D eigenvalue weighted by Crippen LogP contribution is -2.43. The Morgan fingerprint density at radius 2 is 2.28 bits per heavy atom. The van der Waals surface area contributed by atoms with Gasteiger partial charge in [0.05, 0.1) is 11.0 Å². The molecule has 0 amide bonds. The topological polar surface area (TPSA) is 70.1 Å². The van der Waals surface area contributed by atoms with E-state index in [-0.39, 0.29) is 0 Å². The van der Waals surface area contributed by atoms with Crippen molar-refractivity contribution in [1.82, 2.24) is 9.97 Å². The number of thiophene rings is 1. The van der Waals surface area contributed by atoms with E-state index in [2.05, 4.69) is 20.6 Å². The number of aliphatic hydroxyl groups is 1. The molecule has 2 aromatic rings. The fourth-order valence-corrected chi connectivity index (χ4v) is 2.88. The summed E-state index contributed by atoms with van der Waals surface area (Å²) in [5.74, 6) is 1.40. The first-order chi connectivity index (χ1) is 8.70. The molecule has 1 aliphatic carbocycles. The third kappa shape index (κ3) is 2.02. The summed E-state index contributed by atoms with van der Waals surface area (Å²) in [5.41, 5.74) is -0.549. The van der Waals surface area contributed by atoms with Crippen LogP contribution < -0.4 is 10.6 Å². The second-order valence-corrected chi connectivity index (χ2v) is 5.61. The molecule has 0 saturated heterocycles. The highest BCUT2D eigenvalue weighted by molar-refractivity contribution is 7.16. The molecule has 0 aliphatic heterocycles. The monoisotopic (exact) mass is 264 g/mol. The third-order valence-corrected chi connectivity index (χ3v) is 4.22. The van der Waals surface area contributed by atoms with Crippen molar-refractivity contribution in [1.29, 1.82) is 0 Å². The third-order valence-electron chi connectivity index (χ3n) is 3.42. The quantitative estimate of drug-likeness (QED) is 0.788. The van der Waals surface area contributed by atoms with Gasteiger partial charge in [0.15, 0.2) is 0 Å². The van der Waals surface area contributed by atoms with Gasteiger partial charge in [-0.15, -0.1) is 11.3 Å². The summed E-state index contributed by atoms with van der Waals surface area (Å²) < 4.78 is 0. The average Bonchev–Trinajstić information content (AvgIpc) is 2.81. The second-order valence-electron chi connectivity index (χ2n) is 4.72. The Hall–Kier alpha value is -1.40. The minimum Gasteiger partial charge on any atom is -0.388 e. The molecular weight excluding hydrogens is 248 g/mol. The molecule has 1 fully saturated rings. The van der Waals surface area contributed by atoms with Crippen molar-refractivity contribution in [2.75, 3.05) is 24.2 Å². The van der Waals surface area contributed by atoms with E-state index < -0.39 is 5.60 Å². The van der Waals surface area contributed by atoms with Gasteiger partial charge in [0.2, 0.25) is 5.95 Å². The van der Waals surface area contributed by atoms with Crippen molar-refractivity contribution < 1.29 is 5.11 Å². The second kappa shape index (κ2) is 4.37. The van der Waals surface area contributed by atoms with Gasteiger partial charge in [-0.2, -0.15) is 4.98 Å². The summed E-state index contributed by atoms with van der Waals surface area (Å²) in [6, 6.07) is 2.01. The molecule has 6 heteroatoms. The lowest BCUT2D eigenvalue weighted by molar-refractivity contribution is -0.0202. The fraction of sp³-hybridized carbons (Fsp3) is 0.500. The zero-order valence-corrected chi connectivity index (χ0v) is 11.0. The average molecular weight is 264 g/mol. The van der Waals surface area contributed by atoms with E-state index in [1.807, 2.05) is 11.4 Å². The lowest BCUT2D eigenvalue weighted by Gasteiger charge is -2.36.